The lowest BCUT2D eigenvalue weighted by molar-refractivity contribution is 1.02. The maximum absolute atomic E-state index is 11.1. The lowest BCUT2D eigenvalue weighted by atomic mass is 10.3. The van der Waals surface area contributed by atoms with Crippen LogP contribution >= 0.6 is 12.6 Å². The highest BCUT2D eigenvalue weighted by atomic mass is 32.1. The van der Waals surface area contributed by atoms with Crippen molar-refractivity contribution in [1.29, 1.82) is 0 Å². The Kier molecular flexibility index (Phi) is 1.37. The average molecular weight is 182 g/mol. The van der Waals surface area contributed by atoms with Crippen LogP contribution in [0.4, 0.5) is 5.82 Å². The fraction of sp³-hybridized carbons (Fsp3) is 0. The monoisotopic (exact) mass is 182 g/mol. The Balaban J connectivity index is 3.09. The fourth-order valence-electron chi connectivity index (χ4n) is 1.07. The molecule has 6 heteroatoms. The van der Waals surface area contributed by atoms with E-state index in [1.54, 1.807) is 6.20 Å². The molecule has 62 valence electrons. The zero-order chi connectivity index (χ0) is 8.72. The van der Waals surface area contributed by atoms with Gasteiger partial charge < -0.3 is 10.7 Å². The van der Waals surface area contributed by atoms with Gasteiger partial charge in [-0.3, -0.25) is 4.79 Å². The molecule has 2 aromatic rings. The van der Waals surface area contributed by atoms with E-state index in [1.165, 1.54) is 0 Å². The van der Waals surface area contributed by atoms with E-state index in [9.17, 15) is 4.79 Å². The third-order valence-electron chi connectivity index (χ3n) is 1.62. The van der Waals surface area contributed by atoms with Crippen LogP contribution in [-0.4, -0.2) is 15.2 Å². The number of anilines is 1. The molecule has 2 rings (SSSR count). The van der Waals surface area contributed by atoms with E-state index < -0.39 is 0 Å². The van der Waals surface area contributed by atoms with E-state index in [-0.39, 0.29) is 11.4 Å². The summed E-state index contributed by atoms with van der Waals surface area (Å²) in [5.74, 6) is 0.274. The van der Waals surface area contributed by atoms with Crippen LogP contribution in [0.1, 0.15) is 0 Å². The van der Waals surface area contributed by atoms with Crippen LogP contribution in [-0.2, 0) is 0 Å². The molecule has 4 N–H and O–H groups in total. The van der Waals surface area contributed by atoms with Gasteiger partial charge in [0.2, 0.25) is 0 Å². The predicted molar refractivity (Wildman–Crippen MR) is 48.4 cm³/mol. The van der Waals surface area contributed by atoms with E-state index in [0.717, 1.165) is 0 Å². The number of rotatable bonds is 0. The Morgan fingerprint density at radius 2 is 2.33 bits per heavy atom. The second kappa shape index (κ2) is 2.28. The Hall–Kier alpha value is -1.43. The number of aromatic nitrogens is 3. The quantitative estimate of drug-likeness (QED) is 0.436. The minimum absolute atomic E-state index is 0.274. The van der Waals surface area contributed by atoms with Crippen LogP contribution < -0.4 is 11.3 Å². The molecular weight excluding hydrogens is 176 g/mol. The normalized spacial score (nSPS) is 10.8. The molecule has 2 heterocycles. The molecule has 0 bridgehead atoms. The zero-order valence-corrected chi connectivity index (χ0v) is 6.85. The molecule has 12 heavy (non-hydrogen) atoms. The van der Waals surface area contributed by atoms with Gasteiger partial charge in [-0.25, -0.2) is 5.10 Å². The first-order valence-corrected chi connectivity index (χ1v) is 3.69. The molecule has 0 aliphatic rings. The number of aromatic amines is 2. The molecule has 2 aromatic heterocycles. The largest absolute Gasteiger partial charge is 0.382 e. The summed E-state index contributed by atoms with van der Waals surface area (Å²) in [4.78, 5) is 14.5. The van der Waals surface area contributed by atoms with Gasteiger partial charge in [-0.1, -0.05) is 0 Å². The van der Waals surface area contributed by atoms with E-state index in [1.807, 2.05) is 0 Å². The predicted octanol–water partition coefficient (Wildman–Crippen LogP) is 0.122. The summed E-state index contributed by atoms with van der Waals surface area (Å²) >= 11 is 4.11. The lowest BCUT2D eigenvalue weighted by Gasteiger charge is -1.93. The molecule has 0 unspecified atom stereocenters. The maximum atomic E-state index is 11.1. The summed E-state index contributed by atoms with van der Waals surface area (Å²) in [6, 6.07) is 0. The highest BCUT2D eigenvalue weighted by molar-refractivity contribution is 7.80. The molecule has 0 aromatic carbocycles. The van der Waals surface area contributed by atoms with Crippen LogP contribution in [0.3, 0.4) is 0 Å². The zero-order valence-electron chi connectivity index (χ0n) is 5.96. The number of nitrogens with two attached hydrogens (primary N) is 1. The van der Waals surface area contributed by atoms with Crippen molar-refractivity contribution in [2.75, 3.05) is 5.73 Å². The molecule has 0 spiro atoms. The number of nitrogens with zero attached hydrogens (tertiary/aromatic N) is 1. The molecule has 0 radical (unpaired) electrons. The molecule has 0 aliphatic heterocycles. The lowest BCUT2D eigenvalue weighted by Crippen LogP contribution is -2.10. The number of fused-ring (bicyclic) bond motifs is 1. The van der Waals surface area contributed by atoms with Crippen molar-refractivity contribution >= 4 is 29.3 Å². The van der Waals surface area contributed by atoms with Crippen molar-refractivity contribution in [3.05, 3.63) is 16.6 Å². The maximum Gasteiger partial charge on any atom is 0.288 e. The number of nitrogens with one attached hydrogen (secondary N) is 2. The van der Waals surface area contributed by atoms with Crippen molar-refractivity contribution in [1.82, 2.24) is 15.2 Å². The van der Waals surface area contributed by atoms with Crippen molar-refractivity contribution in [3.63, 3.8) is 0 Å². The molecule has 5 nitrogen and oxygen atoms in total. The SMILES string of the molecule is Nc1n[nH]c(=O)c2[nH]cc(S)c12. The van der Waals surface area contributed by atoms with Gasteiger partial charge in [0.25, 0.3) is 5.56 Å². The highest BCUT2D eigenvalue weighted by Gasteiger charge is 2.07. The topological polar surface area (TPSA) is 87.6 Å². The average Bonchev–Trinajstić information content (AvgIpc) is 2.42. The number of hydrogen-bond acceptors (Lipinski definition) is 4. The number of nitrogen functional groups attached to an aromatic ring is 1. The standard InChI is InChI=1S/C6H6N4OS/c7-5-3-2(12)1-8-4(3)6(11)10-9-5/h1,8,12H,(H2,7,9)(H,10,11). The van der Waals surface area contributed by atoms with Gasteiger partial charge in [-0.05, 0) is 0 Å². The minimum Gasteiger partial charge on any atom is -0.382 e. The van der Waals surface area contributed by atoms with Gasteiger partial charge in [0, 0.05) is 11.1 Å². The molecule has 0 amide bonds. The third kappa shape index (κ3) is 0.814. The van der Waals surface area contributed by atoms with E-state index in [2.05, 4.69) is 27.8 Å². The first-order chi connectivity index (χ1) is 5.70. The molecular formula is C6H6N4OS. The van der Waals surface area contributed by atoms with Crippen molar-refractivity contribution in [3.8, 4) is 0 Å². The Labute approximate surface area is 72.4 Å². The van der Waals surface area contributed by atoms with E-state index >= 15 is 0 Å². The minimum atomic E-state index is -0.292. The number of hydrogen-bond donors (Lipinski definition) is 4. The van der Waals surface area contributed by atoms with Gasteiger partial charge in [0.05, 0.1) is 5.39 Å². The van der Waals surface area contributed by atoms with Crippen LogP contribution in [0, 0.1) is 0 Å². The van der Waals surface area contributed by atoms with Crippen LogP contribution in [0.5, 0.6) is 0 Å². The third-order valence-corrected chi connectivity index (χ3v) is 1.97. The summed E-state index contributed by atoms with van der Waals surface area (Å²) in [5, 5.41) is 6.44. The molecule has 0 saturated carbocycles. The number of H-pyrrole nitrogens is 2. The van der Waals surface area contributed by atoms with E-state index in [4.69, 9.17) is 5.73 Å². The second-order valence-electron chi connectivity index (χ2n) is 2.36. The Bertz CT molecular complexity index is 486. The van der Waals surface area contributed by atoms with Crippen molar-refractivity contribution in [2.45, 2.75) is 4.90 Å². The van der Waals surface area contributed by atoms with E-state index in [0.29, 0.717) is 15.8 Å². The second-order valence-corrected chi connectivity index (χ2v) is 2.84. The summed E-state index contributed by atoms with van der Waals surface area (Å²) < 4.78 is 0. The summed E-state index contributed by atoms with van der Waals surface area (Å²) in [5.41, 5.74) is 5.64. The molecule has 0 fully saturated rings. The first kappa shape index (κ1) is 7.23. The Morgan fingerprint density at radius 1 is 1.58 bits per heavy atom. The van der Waals surface area contributed by atoms with Gasteiger partial charge in [-0.15, -0.1) is 12.6 Å². The van der Waals surface area contributed by atoms with Crippen LogP contribution in [0.2, 0.25) is 0 Å². The number of thiol groups is 1. The summed E-state index contributed by atoms with van der Waals surface area (Å²) in [6.07, 6.45) is 1.60. The smallest absolute Gasteiger partial charge is 0.288 e. The van der Waals surface area contributed by atoms with Crippen LogP contribution in [0.25, 0.3) is 10.9 Å². The van der Waals surface area contributed by atoms with Gasteiger partial charge in [0.15, 0.2) is 5.82 Å². The fourth-order valence-corrected chi connectivity index (χ4v) is 1.37. The Morgan fingerprint density at radius 3 is 3.00 bits per heavy atom. The van der Waals surface area contributed by atoms with Gasteiger partial charge in [-0.2, -0.15) is 5.10 Å². The van der Waals surface area contributed by atoms with Crippen LogP contribution in [0.15, 0.2) is 15.9 Å². The van der Waals surface area contributed by atoms with Crippen molar-refractivity contribution in [2.24, 2.45) is 0 Å². The van der Waals surface area contributed by atoms with Gasteiger partial charge >= 0.3 is 0 Å². The highest BCUT2D eigenvalue weighted by Crippen LogP contribution is 2.21. The summed E-state index contributed by atoms with van der Waals surface area (Å²) in [6.45, 7) is 0. The van der Waals surface area contributed by atoms with Gasteiger partial charge in [0.1, 0.15) is 5.52 Å². The molecule has 0 aliphatic carbocycles. The summed E-state index contributed by atoms with van der Waals surface area (Å²) in [7, 11) is 0. The van der Waals surface area contributed by atoms with Crippen molar-refractivity contribution < 1.29 is 0 Å². The molecule has 0 saturated heterocycles. The molecule has 0 atom stereocenters. The first-order valence-electron chi connectivity index (χ1n) is 3.24.